The van der Waals surface area contributed by atoms with Crippen molar-refractivity contribution in [2.75, 3.05) is 6.54 Å². The Morgan fingerprint density at radius 2 is 1.78 bits per heavy atom. The van der Waals surface area contributed by atoms with Crippen molar-refractivity contribution < 1.29 is 4.79 Å². The third-order valence-corrected chi connectivity index (χ3v) is 5.11. The number of nitrogens with zero attached hydrogens (tertiary/aromatic N) is 8. The number of carbonyl (C=O) groups excluding carboxylic acids is 1. The van der Waals surface area contributed by atoms with E-state index in [1.165, 1.54) is 38.8 Å². The second-order valence-electron chi connectivity index (χ2n) is 7.20. The molecule has 0 saturated heterocycles. The second-order valence-corrected chi connectivity index (χ2v) is 7.20. The molecule has 13 heteroatoms. The summed E-state index contributed by atoms with van der Waals surface area (Å²) in [6.45, 7) is 0.146. The molecule has 0 aliphatic carbocycles. The van der Waals surface area contributed by atoms with Gasteiger partial charge in [0, 0.05) is 33.9 Å². The van der Waals surface area contributed by atoms with Crippen LogP contribution < -0.4 is 22.3 Å². The number of imidazole rings is 1. The van der Waals surface area contributed by atoms with E-state index in [0.29, 0.717) is 11.5 Å². The summed E-state index contributed by atoms with van der Waals surface area (Å²) in [6, 6.07) is 5.33. The number of hydrogen-bond donors (Lipinski definition) is 1. The van der Waals surface area contributed by atoms with E-state index in [-0.39, 0.29) is 42.4 Å². The number of nitrogens with one attached hydrogen (secondary N) is 1. The van der Waals surface area contributed by atoms with Crippen LogP contribution in [0.2, 0.25) is 0 Å². The maximum absolute atomic E-state index is 12.5. The van der Waals surface area contributed by atoms with Crippen LogP contribution in [0.5, 0.6) is 0 Å². The van der Waals surface area contributed by atoms with E-state index in [9.17, 15) is 19.2 Å². The minimum absolute atomic E-state index is 0.153. The summed E-state index contributed by atoms with van der Waals surface area (Å²) in [7, 11) is 4.48. The van der Waals surface area contributed by atoms with E-state index in [1.807, 2.05) is 0 Å². The van der Waals surface area contributed by atoms with Crippen molar-refractivity contribution in [2.45, 2.75) is 13.1 Å². The average Bonchev–Trinajstić information content (AvgIpc) is 3.33. The van der Waals surface area contributed by atoms with Gasteiger partial charge in [0.25, 0.3) is 5.56 Å². The normalized spacial score (nSPS) is 11.2. The fraction of sp³-hybridized carbons (Fsp3) is 0.316. The second kappa shape index (κ2) is 8.09. The number of aryl methyl sites for hydroxylation is 1. The summed E-state index contributed by atoms with van der Waals surface area (Å²) >= 11 is 0. The van der Waals surface area contributed by atoms with E-state index in [1.54, 1.807) is 31.4 Å². The number of pyridine rings is 1. The lowest BCUT2D eigenvalue weighted by atomic mass is 10.3. The Balaban J connectivity index is 1.46. The lowest BCUT2D eigenvalue weighted by Gasteiger charge is -2.07. The maximum atomic E-state index is 12.5. The van der Waals surface area contributed by atoms with Gasteiger partial charge in [0.15, 0.2) is 17.0 Å². The van der Waals surface area contributed by atoms with Crippen LogP contribution in [-0.2, 0) is 39.0 Å². The minimum Gasteiger partial charge on any atom is -0.353 e. The number of carbonyl (C=O) groups is 1. The molecule has 166 valence electrons. The van der Waals surface area contributed by atoms with Gasteiger partial charge in [-0.3, -0.25) is 28.3 Å². The molecular formula is C19H21N9O4. The summed E-state index contributed by atoms with van der Waals surface area (Å²) in [5, 5.41) is 6.99. The molecule has 0 atom stereocenters. The van der Waals surface area contributed by atoms with Gasteiger partial charge in [0.1, 0.15) is 12.2 Å². The summed E-state index contributed by atoms with van der Waals surface area (Å²) in [4.78, 5) is 57.6. The molecule has 1 N–H and O–H groups in total. The smallest absolute Gasteiger partial charge is 0.346 e. The third kappa shape index (κ3) is 3.53. The van der Waals surface area contributed by atoms with E-state index < -0.39 is 11.2 Å². The van der Waals surface area contributed by atoms with Crippen LogP contribution in [0.1, 0.15) is 0 Å². The molecule has 4 heterocycles. The molecule has 1 amide bonds. The quantitative estimate of drug-likeness (QED) is 0.374. The van der Waals surface area contributed by atoms with Crippen LogP contribution in [-0.4, -0.2) is 50.5 Å². The van der Waals surface area contributed by atoms with Crippen molar-refractivity contribution in [2.24, 2.45) is 21.1 Å². The van der Waals surface area contributed by atoms with Crippen LogP contribution in [0.25, 0.3) is 22.7 Å². The van der Waals surface area contributed by atoms with Crippen molar-refractivity contribution in [3.05, 3.63) is 62.0 Å². The van der Waals surface area contributed by atoms with Crippen molar-refractivity contribution in [1.29, 1.82) is 0 Å². The fourth-order valence-corrected chi connectivity index (χ4v) is 3.38. The Morgan fingerprint density at radius 3 is 2.50 bits per heavy atom. The lowest BCUT2D eigenvalue weighted by Crippen LogP contribution is -2.38. The number of aromatic nitrogens is 8. The van der Waals surface area contributed by atoms with Gasteiger partial charge >= 0.3 is 11.4 Å². The molecule has 0 aromatic carbocycles. The van der Waals surface area contributed by atoms with E-state index >= 15 is 0 Å². The van der Waals surface area contributed by atoms with Gasteiger partial charge < -0.3 is 9.88 Å². The molecule has 0 aliphatic rings. The van der Waals surface area contributed by atoms with Crippen LogP contribution in [0, 0.1) is 0 Å². The SMILES string of the molecule is Cn1c(-c2ccccn2)nn(CCNC(=O)Cn2cnc3c2c(=O)n(C)c(=O)n3C)c1=O. The zero-order valence-corrected chi connectivity index (χ0v) is 17.7. The van der Waals surface area contributed by atoms with Crippen LogP contribution in [0.15, 0.2) is 45.1 Å². The van der Waals surface area contributed by atoms with Crippen molar-refractivity contribution in [3.63, 3.8) is 0 Å². The largest absolute Gasteiger partial charge is 0.353 e. The molecule has 0 radical (unpaired) electrons. The lowest BCUT2D eigenvalue weighted by molar-refractivity contribution is -0.121. The molecule has 4 rings (SSSR count). The van der Waals surface area contributed by atoms with Crippen LogP contribution in [0.4, 0.5) is 0 Å². The summed E-state index contributed by atoms with van der Waals surface area (Å²) in [6.07, 6.45) is 2.96. The highest BCUT2D eigenvalue weighted by Crippen LogP contribution is 2.10. The Kier molecular flexibility index (Phi) is 5.30. The van der Waals surface area contributed by atoms with E-state index in [0.717, 1.165) is 4.57 Å². The monoisotopic (exact) mass is 439 g/mol. The fourth-order valence-electron chi connectivity index (χ4n) is 3.38. The van der Waals surface area contributed by atoms with Gasteiger partial charge in [-0.2, -0.15) is 0 Å². The van der Waals surface area contributed by atoms with E-state index in [2.05, 4.69) is 20.4 Å². The highest BCUT2D eigenvalue weighted by atomic mass is 16.2. The predicted molar refractivity (Wildman–Crippen MR) is 114 cm³/mol. The standard InChI is InChI=1S/C19H21N9O4/c1-24-15(12-6-4-5-7-20-12)23-28(19(24)32)9-8-21-13(29)10-27-11-22-16-14(27)17(30)26(3)18(31)25(16)2/h4-7,11H,8-10H2,1-3H3,(H,21,29). The Labute approximate surface area is 180 Å². The van der Waals surface area contributed by atoms with Crippen LogP contribution >= 0.6 is 0 Å². The molecule has 13 nitrogen and oxygen atoms in total. The summed E-state index contributed by atoms with van der Waals surface area (Å²) < 4.78 is 6.24. The van der Waals surface area contributed by atoms with Gasteiger partial charge in [0.05, 0.1) is 12.9 Å². The number of amides is 1. The zero-order chi connectivity index (χ0) is 23.0. The molecular weight excluding hydrogens is 418 g/mol. The Bertz CT molecular complexity index is 1490. The van der Waals surface area contributed by atoms with Crippen molar-refractivity contribution >= 4 is 17.1 Å². The molecule has 0 bridgehead atoms. The average molecular weight is 439 g/mol. The Morgan fingerprint density at radius 1 is 1.00 bits per heavy atom. The highest BCUT2D eigenvalue weighted by molar-refractivity contribution is 5.78. The first-order valence-electron chi connectivity index (χ1n) is 9.72. The number of hydrogen-bond acceptors (Lipinski definition) is 7. The Hall–Kier alpha value is -4.29. The number of rotatable bonds is 6. The highest BCUT2D eigenvalue weighted by Gasteiger charge is 2.16. The van der Waals surface area contributed by atoms with Gasteiger partial charge in [-0.25, -0.2) is 19.3 Å². The van der Waals surface area contributed by atoms with Gasteiger partial charge in [-0.15, -0.1) is 5.10 Å². The number of fused-ring (bicyclic) bond motifs is 1. The van der Waals surface area contributed by atoms with Gasteiger partial charge in [-0.05, 0) is 12.1 Å². The van der Waals surface area contributed by atoms with Gasteiger partial charge in [0.2, 0.25) is 5.91 Å². The first-order chi connectivity index (χ1) is 15.3. The van der Waals surface area contributed by atoms with Crippen molar-refractivity contribution in [3.8, 4) is 11.5 Å². The van der Waals surface area contributed by atoms with Crippen LogP contribution in [0.3, 0.4) is 0 Å². The first-order valence-corrected chi connectivity index (χ1v) is 9.72. The minimum atomic E-state index is -0.532. The van der Waals surface area contributed by atoms with E-state index in [4.69, 9.17) is 0 Å². The molecule has 32 heavy (non-hydrogen) atoms. The van der Waals surface area contributed by atoms with Gasteiger partial charge in [-0.1, -0.05) is 6.07 Å². The molecule has 4 aromatic rings. The zero-order valence-electron chi connectivity index (χ0n) is 17.7. The first kappa shape index (κ1) is 21.0. The predicted octanol–water partition coefficient (Wildman–Crippen LogP) is -1.79. The third-order valence-electron chi connectivity index (χ3n) is 5.11. The van der Waals surface area contributed by atoms with Crippen molar-refractivity contribution in [1.82, 2.24) is 43.3 Å². The molecule has 0 fully saturated rings. The topological polar surface area (TPSA) is 144 Å². The summed E-state index contributed by atoms with van der Waals surface area (Å²) in [5.74, 6) is 0.0439. The molecule has 0 saturated carbocycles. The molecule has 0 spiro atoms. The summed E-state index contributed by atoms with van der Waals surface area (Å²) in [5.41, 5.74) is -0.431. The maximum Gasteiger partial charge on any atom is 0.346 e. The molecule has 4 aromatic heterocycles. The molecule has 0 aliphatic heterocycles. The molecule has 0 unspecified atom stereocenters.